The number of nitrogens with zero attached hydrogens (tertiary/aromatic N) is 1. The van der Waals surface area contributed by atoms with Gasteiger partial charge in [0.2, 0.25) is 5.91 Å². The van der Waals surface area contributed by atoms with Crippen LogP contribution in [0.15, 0.2) is 18.2 Å². The van der Waals surface area contributed by atoms with E-state index in [1.807, 2.05) is 0 Å². The summed E-state index contributed by atoms with van der Waals surface area (Å²) in [6, 6.07) is 7.21. The fourth-order valence-corrected chi connectivity index (χ4v) is 5.14. The quantitative estimate of drug-likeness (QED) is 0.907. The Balaban J connectivity index is 1.77. The van der Waals surface area contributed by atoms with Gasteiger partial charge in [-0.25, -0.2) is 0 Å². The van der Waals surface area contributed by atoms with E-state index in [1.165, 1.54) is 27.7 Å². The van der Waals surface area contributed by atoms with Crippen molar-refractivity contribution in [3.8, 4) is 0 Å². The Labute approximate surface area is 143 Å². The van der Waals surface area contributed by atoms with Gasteiger partial charge in [-0.2, -0.15) is 0 Å². The normalized spacial score (nSPS) is 26.5. The summed E-state index contributed by atoms with van der Waals surface area (Å²) in [6.45, 7) is 6.55. The number of hydrogen-bond acceptors (Lipinski definition) is 2. The molecule has 1 amide bonds. The monoisotopic (exact) mass is 325 g/mol. The topological polar surface area (TPSA) is 62.1 Å². The Morgan fingerprint density at radius 1 is 1.42 bits per heavy atom. The third-order valence-corrected chi connectivity index (χ3v) is 6.00. The van der Waals surface area contributed by atoms with Crippen LogP contribution < -0.4 is 5.73 Å². The molecule has 0 spiro atoms. The summed E-state index contributed by atoms with van der Waals surface area (Å²) in [7, 11) is 0. The molecule has 1 saturated heterocycles. The number of benzene rings is 1. The van der Waals surface area contributed by atoms with Crippen LogP contribution in [0.5, 0.6) is 0 Å². The van der Waals surface area contributed by atoms with Crippen LogP contribution >= 0.6 is 0 Å². The van der Waals surface area contributed by atoms with Crippen LogP contribution in [0.4, 0.5) is 0 Å². The van der Waals surface area contributed by atoms with Gasteiger partial charge in [0.25, 0.3) is 0 Å². The number of hydrogen-bond donors (Lipinski definition) is 2. The number of H-pyrrole nitrogens is 1. The molecule has 2 heterocycles. The molecule has 1 aliphatic carbocycles. The van der Waals surface area contributed by atoms with E-state index in [0.717, 1.165) is 32.4 Å². The molecule has 2 aliphatic rings. The van der Waals surface area contributed by atoms with Crippen molar-refractivity contribution >= 4 is 16.8 Å². The maximum atomic E-state index is 11.5. The van der Waals surface area contributed by atoms with Crippen molar-refractivity contribution in [2.75, 3.05) is 13.1 Å². The summed E-state index contributed by atoms with van der Waals surface area (Å²) >= 11 is 0. The van der Waals surface area contributed by atoms with Gasteiger partial charge in [0, 0.05) is 41.5 Å². The lowest BCUT2D eigenvalue weighted by Gasteiger charge is -2.47. The molecular formula is C20H27N3O. The largest absolute Gasteiger partial charge is 0.370 e. The van der Waals surface area contributed by atoms with Crippen molar-refractivity contribution in [2.45, 2.75) is 51.5 Å². The molecule has 4 rings (SSSR count). The second kappa shape index (κ2) is 5.92. The fourth-order valence-electron chi connectivity index (χ4n) is 5.14. The van der Waals surface area contributed by atoms with E-state index in [2.05, 4.69) is 41.9 Å². The number of piperidine rings is 1. The molecule has 2 aromatic rings. The SMILES string of the molecule is CCCN1C[C@H](CC(N)=O)C[C@@H]2c3cccc4[nH]c(C)c(c34)C[C@H]21. The molecule has 24 heavy (non-hydrogen) atoms. The number of aryl methyl sites for hydroxylation is 1. The number of primary amides is 1. The summed E-state index contributed by atoms with van der Waals surface area (Å²) < 4.78 is 0. The van der Waals surface area contributed by atoms with E-state index < -0.39 is 0 Å². The Bertz CT molecular complexity index is 779. The summed E-state index contributed by atoms with van der Waals surface area (Å²) in [5.74, 6) is 0.732. The van der Waals surface area contributed by atoms with Crippen molar-refractivity contribution in [1.29, 1.82) is 0 Å². The molecule has 3 N–H and O–H groups in total. The number of rotatable bonds is 4. The Kier molecular flexibility index (Phi) is 3.87. The fraction of sp³-hybridized carbons (Fsp3) is 0.550. The Morgan fingerprint density at radius 3 is 3.00 bits per heavy atom. The van der Waals surface area contributed by atoms with Crippen molar-refractivity contribution in [1.82, 2.24) is 9.88 Å². The van der Waals surface area contributed by atoms with Gasteiger partial charge in [0.1, 0.15) is 0 Å². The number of aromatic nitrogens is 1. The predicted octanol–water partition coefficient (Wildman–Crippen LogP) is 3.09. The number of carbonyl (C=O) groups is 1. The van der Waals surface area contributed by atoms with Gasteiger partial charge in [-0.1, -0.05) is 19.1 Å². The lowest BCUT2D eigenvalue weighted by atomic mass is 9.71. The minimum atomic E-state index is -0.165. The van der Waals surface area contributed by atoms with Crippen LogP contribution in [-0.2, 0) is 11.2 Å². The van der Waals surface area contributed by atoms with E-state index in [9.17, 15) is 4.79 Å². The molecular weight excluding hydrogens is 298 g/mol. The molecule has 1 aliphatic heterocycles. The molecule has 1 fully saturated rings. The van der Waals surface area contributed by atoms with Crippen LogP contribution in [0.25, 0.3) is 10.9 Å². The molecule has 0 radical (unpaired) electrons. The van der Waals surface area contributed by atoms with Crippen LogP contribution in [0, 0.1) is 12.8 Å². The first-order valence-electron chi connectivity index (χ1n) is 9.20. The molecule has 0 saturated carbocycles. The van der Waals surface area contributed by atoms with Gasteiger partial charge in [-0.15, -0.1) is 0 Å². The zero-order valence-corrected chi connectivity index (χ0v) is 14.6. The third kappa shape index (κ3) is 2.44. The summed E-state index contributed by atoms with van der Waals surface area (Å²) in [6.07, 6.45) is 3.86. The van der Waals surface area contributed by atoms with Gasteiger partial charge in [-0.05, 0) is 55.8 Å². The summed E-state index contributed by atoms with van der Waals surface area (Å²) in [5.41, 5.74) is 11.0. The predicted molar refractivity (Wildman–Crippen MR) is 97.1 cm³/mol. The second-order valence-corrected chi connectivity index (χ2v) is 7.64. The number of nitrogens with one attached hydrogen (secondary N) is 1. The average molecular weight is 325 g/mol. The summed E-state index contributed by atoms with van der Waals surface area (Å²) in [4.78, 5) is 17.7. The minimum absolute atomic E-state index is 0.165. The first-order valence-corrected chi connectivity index (χ1v) is 9.20. The number of fused-ring (bicyclic) bond motifs is 2. The number of amides is 1. The summed E-state index contributed by atoms with van der Waals surface area (Å²) in [5, 5.41) is 1.44. The maximum Gasteiger partial charge on any atom is 0.217 e. The standard InChI is InChI=1S/C20H27N3O/c1-3-7-23-11-13(9-19(21)24)8-16-14-5-4-6-17-20(14)15(10-18(16)23)12(2)22-17/h4-6,13,16,18,22H,3,7-11H2,1-2H3,(H2,21,24)/t13-,16+,18+/m0/s1. The zero-order valence-electron chi connectivity index (χ0n) is 14.6. The Hall–Kier alpha value is -1.81. The first kappa shape index (κ1) is 15.7. The number of aromatic amines is 1. The minimum Gasteiger partial charge on any atom is -0.370 e. The maximum absolute atomic E-state index is 11.5. The highest BCUT2D eigenvalue weighted by Crippen LogP contribution is 2.46. The van der Waals surface area contributed by atoms with E-state index in [4.69, 9.17) is 5.73 Å². The van der Waals surface area contributed by atoms with E-state index >= 15 is 0 Å². The lowest BCUT2D eigenvalue weighted by molar-refractivity contribution is -0.119. The van der Waals surface area contributed by atoms with Crippen LogP contribution in [0.1, 0.15) is 48.9 Å². The van der Waals surface area contributed by atoms with Crippen molar-refractivity contribution < 1.29 is 4.79 Å². The van der Waals surface area contributed by atoms with Gasteiger partial charge < -0.3 is 10.7 Å². The molecule has 4 heteroatoms. The Morgan fingerprint density at radius 2 is 2.25 bits per heavy atom. The van der Waals surface area contributed by atoms with Gasteiger partial charge in [0.15, 0.2) is 0 Å². The van der Waals surface area contributed by atoms with Crippen LogP contribution in [-0.4, -0.2) is 34.9 Å². The highest BCUT2D eigenvalue weighted by atomic mass is 16.1. The number of nitrogens with two attached hydrogens (primary N) is 1. The van der Waals surface area contributed by atoms with Crippen molar-refractivity contribution in [3.05, 3.63) is 35.0 Å². The zero-order chi connectivity index (χ0) is 16.8. The van der Waals surface area contributed by atoms with Crippen molar-refractivity contribution in [3.63, 3.8) is 0 Å². The molecule has 128 valence electrons. The molecule has 3 atom stereocenters. The molecule has 1 aromatic carbocycles. The van der Waals surface area contributed by atoms with Crippen LogP contribution in [0.3, 0.4) is 0 Å². The van der Waals surface area contributed by atoms with Crippen molar-refractivity contribution in [2.24, 2.45) is 11.7 Å². The highest BCUT2D eigenvalue weighted by molar-refractivity contribution is 5.89. The first-order chi connectivity index (χ1) is 11.6. The molecule has 1 aromatic heterocycles. The van der Waals surface area contributed by atoms with Crippen LogP contribution in [0.2, 0.25) is 0 Å². The number of likely N-dealkylation sites (tertiary alicyclic amines) is 1. The smallest absolute Gasteiger partial charge is 0.217 e. The van der Waals surface area contributed by atoms with Gasteiger partial charge in [-0.3, -0.25) is 9.69 Å². The van der Waals surface area contributed by atoms with E-state index in [1.54, 1.807) is 0 Å². The lowest BCUT2D eigenvalue weighted by Crippen LogP contribution is -2.50. The second-order valence-electron chi connectivity index (χ2n) is 7.64. The molecule has 4 nitrogen and oxygen atoms in total. The highest BCUT2D eigenvalue weighted by Gasteiger charge is 2.41. The van der Waals surface area contributed by atoms with E-state index in [-0.39, 0.29) is 5.91 Å². The molecule has 0 bridgehead atoms. The molecule has 0 unspecified atom stereocenters. The van der Waals surface area contributed by atoms with E-state index in [0.29, 0.717) is 24.3 Å². The van der Waals surface area contributed by atoms with Gasteiger partial charge >= 0.3 is 0 Å². The third-order valence-electron chi connectivity index (χ3n) is 6.00. The number of carbonyl (C=O) groups excluding carboxylic acids is 1. The van der Waals surface area contributed by atoms with Gasteiger partial charge in [0.05, 0.1) is 0 Å². The average Bonchev–Trinajstić information content (AvgIpc) is 2.85.